The summed E-state index contributed by atoms with van der Waals surface area (Å²) in [5.74, 6) is -2.70. The van der Waals surface area contributed by atoms with E-state index < -0.39 is 5.92 Å². The first kappa shape index (κ1) is 8.42. The van der Waals surface area contributed by atoms with Crippen LogP contribution in [-0.2, 0) is 0 Å². The average Bonchev–Trinajstić information content (AvgIpc) is 2.50. The highest BCUT2D eigenvalue weighted by Gasteiger charge is 2.59. The van der Waals surface area contributed by atoms with Crippen LogP contribution in [0.15, 0.2) is 0 Å². The predicted molar refractivity (Wildman–Crippen MR) is 43.0 cm³/mol. The van der Waals surface area contributed by atoms with Gasteiger partial charge in [-0.2, -0.15) is 0 Å². The van der Waals surface area contributed by atoms with Crippen molar-refractivity contribution in [3.8, 4) is 0 Å². The van der Waals surface area contributed by atoms with Gasteiger partial charge in [0.2, 0.25) is 0 Å². The second-order valence-corrected chi connectivity index (χ2v) is 4.42. The molecule has 0 aliphatic heterocycles. The van der Waals surface area contributed by atoms with Crippen molar-refractivity contribution in [3.63, 3.8) is 0 Å². The number of hydrogen-bond donors (Lipinski definition) is 1. The fraction of sp³-hybridized carbons (Fsp3) is 1.00. The summed E-state index contributed by atoms with van der Waals surface area (Å²) >= 11 is 0. The summed E-state index contributed by atoms with van der Waals surface area (Å²) in [7, 11) is 0. The van der Waals surface area contributed by atoms with Crippen LogP contribution in [0.25, 0.3) is 0 Å². The number of hydrogen-bond acceptors (Lipinski definition) is 1. The quantitative estimate of drug-likeness (QED) is 0.698. The summed E-state index contributed by atoms with van der Waals surface area (Å²) in [6.45, 7) is 0.597. The summed E-state index contributed by atoms with van der Waals surface area (Å²) < 4.78 is 25.2. The average molecular weight is 175 g/mol. The second kappa shape index (κ2) is 2.41. The molecular weight excluding hydrogens is 160 g/mol. The topological polar surface area (TPSA) is 26.0 Å². The molecule has 70 valence electrons. The Bertz CT molecular complexity index is 181. The van der Waals surface area contributed by atoms with Crippen molar-refractivity contribution >= 4 is 0 Å². The fourth-order valence-corrected chi connectivity index (χ4v) is 2.18. The first-order valence-electron chi connectivity index (χ1n) is 4.66. The molecule has 0 aromatic rings. The van der Waals surface area contributed by atoms with Crippen molar-refractivity contribution in [2.75, 3.05) is 6.54 Å². The van der Waals surface area contributed by atoms with E-state index in [0.717, 1.165) is 12.8 Å². The Morgan fingerprint density at radius 1 is 1.33 bits per heavy atom. The SMILES string of the molecule is NCC1(CC2CC2(F)F)CCC1. The molecule has 2 saturated carbocycles. The van der Waals surface area contributed by atoms with E-state index in [9.17, 15) is 8.78 Å². The normalized spacial score (nSPS) is 35.8. The lowest BCUT2D eigenvalue weighted by Gasteiger charge is -2.41. The van der Waals surface area contributed by atoms with E-state index in [-0.39, 0.29) is 17.8 Å². The molecule has 2 aliphatic rings. The molecule has 1 unspecified atom stereocenters. The number of halogens is 2. The second-order valence-electron chi connectivity index (χ2n) is 4.42. The third-order valence-corrected chi connectivity index (χ3v) is 3.48. The first-order chi connectivity index (χ1) is 5.58. The standard InChI is InChI=1S/C9H15F2N/c10-9(11)5-7(9)4-8(6-12)2-1-3-8/h7H,1-6,12H2. The maximum atomic E-state index is 12.6. The Hall–Kier alpha value is -0.180. The van der Waals surface area contributed by atoms with Gasteiger partial charge >= 0.3 is 0 Å². The van der Waals surface area contributed by atoms with Crippen LogP contribution in [-0.4, -0.2) is 12.5 Å². The lowest BCUT2D eigenvalue weighted by atomic mass is 9.66. The largest absolute Gasteiger partial charge is 0.330 e. The zero-order chi connectivity index (χ0) is 8.82. The van der Waals surface area contributed by atoms with Crippen molar-refractivity contribution in [2.45, 2.75) is 38.0 Å². The van der Waals surface area contributed by atoms with Gasteiger partial charge in [-0.05, 0) is 31.2 Å². The molecule has 0 radical (unpaired) electrons. The van der Waals surface area contributed by atoms with Crippen molar-refractivity contribution in [2.24, 2.45) is 17.1 Å². The minimum absolute atomic E-state index is 0.102. The lowest BCUT2D eigenvalue weighted by molar-refractivity contribution is 0.0599. The van der Waals surface area contributed by atoms with Gasteiger partial charge in [0.05, 0.1) is 0 Å². The summed E-state index contributed by atoms with van der Waals surface area (Å²) in [6.07, 6.45) is 4.08. The van der Waals surface area contributed by atoms with Crippen LogP contribution in [0.3, 0.4) is 0 Å². The van der Waals surface area contributed by atoms with Gasteiger partial charge in [0.1, 0.15) is 0 Å². The van der Waals surface area contributed by atoms with Gasteiger partial charge in [-0.15, -0.1) is 0 Å². The van der Waals surface area contributed by atoms with Crippen molar-refractivity contribution in [1.82, 2.24) is 0 Å². The fourth-order valence-electron chi connectivity index (χ4n) is 2.18. The summed E-state index contributed by atoms with van der Waals surface area (Å²) in [5.41, 5.74) is 5.69. The van der Waals surface area contributed by atoms with Crippen LogP contribution in [0.1, 0.15) is 32.1 Å². The molecular formula is C9H15F2N. The van der Waals surface area contributed by atoms with Crippen LogP contribution >= 0.6 is 0 Å². The molecule has 2 rings (SSSR count). The van der Waals surface area contributed by atoms with E-state index in [0.29, 0.717) is 13.0 Å². The van der Waals surface area contributed by atoms with Gasteiger partial charge < -0.3 is 5.73 Å². The molecule has 0 saturated heterocycles. The van der Waals surface area contributed by atoms with Gasteiger partial charge in [0.15, 0.2) is 0 Å². The minimum atomic E-state index is -2.35. The number of rotatable bonds is 3. The minimum Gasteiger partial charge on any atom is -0.330 e. The Kier molecular flexibility index (Phi) is 1.69. The van der Waals surface area contributed by atoms with E-state index in [4.69, 9.17) is 5.73 Å². The maximum Gasteiger partial charge on any atom is 0.251 e. The zero-order valence-electron chi connectivity index (χ0n) is 7.15. The first-order valence-corrected chi connectivity index (χ1v) is 4.66. The monoisotopic (exact) mass is 175 g/mol. The van der Waals surface area contributed by atoms with Gasteiger partial charge in [-0.3, -0.25) is 0 Å². The van der Waals surface area contributed by atoms with Crippen molar-refractivity contribution in [1.29, 1.82) is 0 Å². The molecule has 2 N–H and O–H groups in total. The molecule has 2 fully saturated rings. The van der Waals surface area contributed by atoms with Crippen molar-refractivity contribution in [3.05, 3.63) is 0 Å². The lowest BCUT2D eigenvalue weighted by Crippen LogP contribution is -2.38. The molecule has 1 atom stereocenters. The van der Waals surface area contributed by atoms with Crippen LogP contribution in [0.5, 0.6) is 0 Å². The molecule has 0 aromatic carbocycles. The van der Waals surface area contributed by atoms with E-state index >= 15 is 0 Å². The van der Waals surface area contributed by atoms with Crippen LogP contribution in [0.2, 0.25) is 0 Å². The number of alkyl halides is 2. The Morgan fingerprint density at radius 2 is 1.92 bits per heavy atom. The van der Waals surface area contributed by atoms with E-state index in [2.05, 4.69) is 0 Å². The predicted octanol–water partition coefficient (Wildman–Crippen LogP) is 2.16. The van der Waals surface area contributed by atoms with E-state index in [1.807, 2.05) is 0 Å². The highest BCUT2D eigenvalue weighted by molar-refractivity contribution is 5.01. The Labute approximate surface area is 71.3 Å². The van der Waals surface area contributed by atoms with Gasteiger partial charge in [0, 0.05) is 12.3 Å². The molecule has 2 aliphatic carbocycles. The third-order valence-electron chi connectivity index (χ3n) is 3.48. The molecule has 0 spiro atoms. The molecule has 0 heterocycles. The zero-order valence-corrected chi connectivity index (χ0v) is 7.15. The maximum absolute atomic E-state index is 12.6. The van der Waals surface area contributed by atoms with Gasteiger partial charge in [0.25, 0.3) is 5.92 Å². The van der Waals surface area contributed by atoms with Gasteiger partial charge in [-0.25, -0.2) is 8.78 Å². The molecule has 0 aromatic heterocycles. The molecule has 0 bridgehead atoms. The van der Waals surface area contributed by atoms with Crippen LogP contribution in [0.4, 0.5) is 8.78 Å². The van der Waals surface area contributed by atoms with Crippen LogP contribution < -0.4 is 5.73 Å². The van der Waals surface area contributed by atoms with E-state index in [1.54, 1.807) is 0 Å². The smallest absolute Gasteiger partial charge is 0.251 e. The number of nitrogens with two attached hydrogens (primary N) is 1. The summed E-state index contributed by atoms with van der Waals surface area (Å²) in [5, 5.41) is 0. The summed E-state index contributed by atoms with van der Waals surface area (Å²) in [6, 6.07) is 0. The highest BCUT2D eigenvalue weighted by Crippen LogP contribution is 2.57. The molecule has 12 heavy (non-hydrogen) atoms. The van der Waals surface area contributed by atoms with Gasteiger partial charge in [-0.1, -0.05) is 6.42 Å². The molecule has 0 amide bonds. The van der Waals surface area contributed by atoms with E-state index in [1.165, 1.54) is 6.42 Å². The molecule has 3 heteroatoms. The van der Waals surface area contributed by atoms with Crippen molar-refractivity contribution < 1.29 is 8.78 Å². The Morgan fingerprint density at radius 3 is 2.17 bits per heavy atom. The highest BCUT2D eigenvalue weighted by atomic mass is 19.3. The Balaban J connectivity index is 1.86. The third kappa shape index (κ3) is 1.24. The summed E-state index contributed by atoms with van der Waals surface area (Å²) in [4.78, 5) is 0. The molecule has 1 nitrogen and oxygen atoms in total. The van der Waals surface area contributed by atoms with Crippen LogP contribution in [0, 0.1) is 11.3 Å².